The zero-order valence-corrected chi connectivity index (χ0v) is 12.5. The van der Waals surface area contributed by atoms with Gasteiger partial charge in [0, 0.05) is 30.3 Å². The van der Waals surface area contributed by atoms with Gasteiger partial charge in [-0.2, -0.15) is 0 Å². The van der Waals surface area contributed by atoms with Crippen LogP contribution in [0.4, 0.5) is 0 Å². The number of rotatable bonds is 9. The molecule has 0 saturated carbocycles. The van der Waals surface area contributed by atoms with Crippen molar-refractivity contribution < 1.29 is 14.3 Å². The molecule has 0 aliphatic rings. The lowest BCUT2D eigenvalue weighted by molar-refractivity contribution is -0.137. The standard InChI is InChI=1S/C17H23NO3/c1-2-3-8-16-14(12-18-11-6-10-17(19)20)13-7-4-5-9-15(13)21-16/h4-5,7,9,18H,2-3,6,8,10-12H2,1H3,(H,19,20). The first-order chi connectivity index (χ1) is 10.2. The van der Waals surface area contributed by atoms with Crippen LogP contribution in [0.5, 0.6) is 0 Å². The average Bonchev–Trinajstić information content (AvgIpc) is 2.82. The minimum atomic E-state index is -0.741. The quantitative estimate of drug-likeness (QED) is 0.690. The van der Waals surface area contributed by atoms with Crippen LogP contribution < -0.4 is 5.32 Å². The van der Waals surface area contributed by atoms with E-state index < -0.39 is 5.97 Å². The Morgan fingerprint density at radius 1 is 1.29 bits per heavy atom. The van der Waals surface area contributed by atoms with E-state index in [1.807, 2.05) is 18.2 Å². The SMILES string of the molecule is CCCCc1oc2ccccc2c1CNCCCC(=O)O. The van der Waals surface area contributed by atoms with E-state index >= 15 is 0 Å². The molecule has 2 N–H and O–H groups in total. The van der Waals surface area contributed by atoms with Crippen molar-refractivity contribution in [1.29, 1.82) is 0 Å². The third kappa shape index (κ3) is 4.33. The number of unbranched alkanes of at least 4 members (excludes halogenated alkanes) is 1. The van der Waals surface area contributed by atoms with Crippen LogP contribution in [0, 0.1) is 0 Å². The van der Waals surface area contributed by atoms with E-state index in [-0.39, 0.29) is 6.42 Å². The molecule has 0 atom stereocenters. The van der Waals surface area contributed by atoms with Crippen molar-refractivity contribution >= 4 is 16.9 Å². The highest BCUT2D eigenvalue weighted by molar-refractivity contribution is 5.82. The van der Waals surface area contributed by atoms with E-state index in [9.17, 15) is 4.79 Å². The van der Waals surface area contributed by atoms with Gasteiger partial charge in [0.2, 0.25) is 0 Å². The van der Waals surface area contributed by atoms with E-state index in [0.29, 0.717) is 13.0 Å². The van der Waals surface area contributed by atoms with Gasteiger partial charge in [-0.15, -0.1) is 0 Å². The number of fused-ring (bicyclic) bond motifs is 1. The molecule has 0 fully saturated rings. The summed E-state index contributed by atoms with van der Waals surface area (Å²) < 4.78 is 5.96. The van der Waals surface area contributed by atoms with Crippen molar-refractivity contribution in [2.45, 2.75) is 45.6 Å². The van der Waals surface area contributed by atoms with E-state index in [1.165, 1.54) is 5.56 Å². The van der Waals surface area contributed by atoms with Gasteiger partial charge in [-0.25, -0.2) is 0 Å². The Balaban J connectivity index is 2.03. The molecule has 0 radical (unpaired) electrons. The van der Waals surface area contributed by atoms with Crippen molar-refractivity contribution in [3.05, 3.63) is 35.6 Å². The van der Waals surface area contributed by atoms with Crippen LogP contribution in [0.2, 0.25) is 0 Å². The first-order valence-corrected chi connectivity index (χ1v) is 7.64. The van der Waals surface area contributed by atoms with Crippen molar-refractivity contribution in [3.63, 3.8) is 0 Å². The Hall–Kier alpha value is -1.81. The second kappa shape index (κ2) is 7.84. The van der Waals surface area contributed by atoms with Crippen LogP contribution in [0.3, 0.4) is 0 Å². The van der Waals surface area contributed by atoms with Crippen LogP contribution in [0.1, 0.15) is 43.9 Å². The molecule has 2 aromatic rings. The first kappa shape index (κ1) is 15.6. The summed E-state index contributed by atoms with van der Waals surface area (Å²) in [5.74, 6) is 0.318. The Labute approximate surface area is 125 Å². The zero-order chi connectivity index (χ0) is 15.1. The molecule has 0 aliphatic heterocycles. The van der Waals surface area contributed by atoms with E-state index in [4.69, 9.17) is 9.52 Å². The van der Waals surface area contributed by atoms with Crippen LogP contribution >= 0.6 is 0 Å². The van der Waals surface area contributed by atoms with Gasteiger partial charge >= 0.3 is 5.97 Å². The number of carbonyl (C=O) groups is 1. The fourth-order valence-electron chi connectivity index (χ4n) is 2.46. The highest BCUT2D eigenvalue weighted by atomic mass is 16.4. The molecule has 4 heteroatoms. The number of carboxylic acids is 1. The monoisotopic (exact) mass is 289 g/mol. The van der Waals surface area contributed by atoms with Crippen molar-refractivity contribution in [1.82, 2.24) is 5.32 Å². The normalized spacial score (nSPS) is 11.1. The second-order valence-electron chi connectivity index (χ2n) is 5.28. The fraction of sp³-hybridized carbons (Fsp3) is 0.471. The maximum atomic E-state index is 10.5. The molecule has 0 bridgehead atoms. The second-order valence-corrected chi connectivity index (χ2v) is 5.28. The Morgan fingerprint density at radius 2 is 2.10 bits per heavy atom. The van der Waals surface area contributed by atoms with Crippen molar-refractivity contribution in [3.8, 4) is 0 Å². The van der Waals surface area contributed by atoms with Gasteiger partial charge in [0.15, 0.2) is 0 Å². The number of para-hydroxylation sites is 1. The third-order valence-electron chi connectivity index (χ3n) is 3.59. The fourth-order valence-corrected chi connectivity index (χ4v) is 2.46. The van der Waals surface area contributed by atoms with Gasteiger partial charge in [0.1, 0.15) is 11.3 Å². The molecule has 114 valence electrons. The zero-order valence-electron chi connectivity index (χ0n) is 12.5. The molecular formula is C17H23NO3. The van der Waals surface area contributed by atoms with Gasteiger partial charge in [0.05, 0.1) is 0 Å². The van der Waals surface area contributed by atoms with Gasteiger partial charge in [0.25, 0.3) is 0 Å². The summed E-state index contributed by atoms with van der Waals surface area (Å²) in [7, 11) is 0. The number of hydrogen-bond acceptors (Lipinski definition) is 3. The molecule has 21 heavy (non-hydrogen) atoms. The summed E-state index contributed by atoms with van der Waals surface area (Å²) in [6, 6.07) is 8.09. The minimum Gasteiger partial charge on any atom is -0.481 e. The number of aliphatic carboxylic acids is 1. The molecule has 2 rings (SSSR count). The molecule has 1 aromatic heterocycles. The number of carboxylic acid groups (broad SMARTS) is 1. The van der Waals surface area contributed by atoms with Gasteiger partial charge in [-0.3, -0.25) is 4.79 Å². The van der Waals surface area contributed by atoms with Crippen LogP contribution in [-0.2, 0) is 17.8 Å². The van der Waals surface area contributed by atoms with E-state index in [0.717, 1.165) is 42.5 Å². The molecule has 1 aromatic carbocycles. The summed E-state index contributed by atoms with van der Waals surface area (Å²) in [5.41, 5.74) is 2.15. The summed E-state index contributed by atoms with van der Waals surface area (Å²) in [4.78, 5) is 10.5. The average molecular weight is 289 g/mol. The summed E-state index contributed by atoms with van der Waals surface area (Å²) in [6.07, 6.45) is 4.07. The van der Waals surface area contributed by atoms with Crippen LogP contribution in [-0.4, -0.2) is 17.6 Å². The van der Waals surface area contributed by atoms with E-state index in [2.05, 4.69) is 18.3 Å². The Morgan fingerprint density at radius 3 is 2.86 bits per heavy atom. The number of benzene rings is 1. The molecule has 0 spiro atoms. The Kier molecular flexibility index (Phi) is 5.81. The smallest absolute Gasteiger partial charge is 0.303 e. The van der Waals surface area contributed by atoms with Gasteiger partial charge < -0.3 is 14.8 Å². The largest absolute Gasteiger partial charge is 0.481 e. The molecular weight excluding hydrogens is 266 g/mol. The summed E-state index contributed by atoms with van der Waals surface area (Å²) in [5, 5.41) is 13.1. The van der Waals surface area contributed by atoms with Gasteiger partial charge in [-0.1, -0.05) is 31.5 Å². The minimum absolute atomic E-state index is 0.210. The molecule has 0 saturated heterocycles. The van der Waals surface area contributed by atoms with Crippen molar-refractivity contribution in [2.24, 2.45) is 0 Å². The first-order valence-electron chi connectivity index (χ1n) is 7.64. The van der Waals surface area contributed by atoms with Gasteiger partial charge in [-0.05, 0) is 25.5 Å². The maximum Gasteiger partial charge on any atom is 0.303 e. The molecule has 1 heterocycles. The number of nitrogens with one attached hydrogen (secondary N) is 1. The molecule has 0 aliphatic carbocycles. The summed E-state index contributed by atoms with van der Waals surface area (Å²) in [6.45, 7) is 3.61. The van der Waals surface area contributed by atoms with Crippen molar-refractivity contribution in [2.75, 3.05) is 6.54 Å². The highest BCUT2D eigenvalue weighted by Gasteiger charge is 2.12. The lowest BCUT2D eigenvalue weighted by Crippen LogP contribution is -2.16. The number of furan rings is 1. The molecule has 0 unspecified atom stereocenters. The number of hydrogen-bond donors (Lipinski definition) is 2. The van der Waals surface area contributed by atoms with Crippen LogP contribution in [0.25, 0.3) is 11.0 Å². The number of aryl methyl sites for hydroxylation is 1. The third-order valence-corrected chi connectivity index (χ3v) is 3.59. The van der Waals surface area contributed by atoms with E-state index in [1.54, 1.807) is 0 Å². The predicted octanol–water partition coefficient (Wildman–Crippen LogP) is 3.73. The van der Waals surface area contributed by atoms with Crippen LogP contribution in [0.15, 0.2) is 28.7 Å². The topological polar surface area (TPSA) is 62.5 Å². The lowest BCUT2D eigenvalue weighted by atomic mass is 10.1. The predicted molar refractivity (Wildman–Crippen MR) is 83.4 cm³/mol. The molecule has 0 amide bonds. The summed E-state index contributed by atoms with van der Waals surface area (Å²) >= 11 is 0. The molecule has 4 nitrogen and oxygen atoms in total. The Bertz CT molecular complexity index is 589. The lowest BCUT2D eigenvalue weighted by Gasteiger charge is -2.05. The maximum absolute atomic E-state index is 10.5. The highest BCUT2D eigenvalue weighted by Crippen LogP contribution is 2.27.